The molecule has 3 aromatic carbocycles. The second kappa shape index (κ2) is 12.8. The number of rotatable bonds is 4. The minimum absolute atomic E-state index is 0.200. The first-order valence-corrected chi connectivity index (χ1v) is 11.6. The molecule has 0 amide bonds. The van der Waals surface area contributed by atoms with Gasteiger partial charge in [0, 0.05) is 18.4 Å². The summed E-state index contributed by atoms with van der Waals surface area (Å²) in [6, 6.07) is 18.2. The molecule has 0 aliphatic heterocycles. The highest BCUT2D eigenvalue weighted by molar-refractivity contribution is 7.18. The summed E-state index contributed by atoms with van der Waals surface area (Å²) < 4.78 is 13.4. The Morgan fingerprint density at radius 3 is 2.36 bits per heavy atom. The molecule has 0 spiro atoms. The van der Waals surface area contributed by atoms with E-state index in [4.69, 9.17) is 11.6 Å². The first-order chi connectivity index (χ1) is 15.8. The third-order valence-electron chi connectivity index (χ3n) is 4.47. The molecule has 0 atom stereocenters. The second-order valence-electron chi connectivity index (χ2n) is 7.12. The molecule has 33 heavy (non-hydrogen) atoms. The molecule has 172 valence electrons. The second-order valence-corrected chi connectivity index (χ2v) is 8.76. The number of allylic oxidation sites excluding steroid dienone is 1. The number of halogens is 2. The van der Waals surface area contributed by atoms with Crippen LogP contribution in [0.25, 0.3) is 15.9 Å². The highest BCUT2D eigenvalue weighted by Gasteiger charge is 2.08. The lowest BCUT2D eigenvalue weighted by atomic mass is 10.1. The Labute approximate surface area is 204 Å². The quantitative estimate of drug-likeness (QED) is 0.286. The van der Waals surface area contributed by atoms with Crippen molar-refractivity contribution in [3.63, 3.8) is 0 Å². The molecule has 0 radical (unpaired) electrons. The van der Waals surface area contributed by atoms with Crippen molar-refractivity contribution in [1.29, 1.82) is 0 Å². The van der Waals surface area contributed by atoms with Gasteiger partial charge in [-0.1, -0.05) is 42.5 Å². The highest BCUT2D eigenvalue weighted by Crippen LogP contribution is 2.30. The van der Waals surface area contributed by atoms with Crippen LogP contribution in [0.5, 0.6) is 0 Å². The lowest BCUT2D eigenvalue weighted by molar-refractivity contribution is 0.628. The van der Waals surface area contributed by atoms with Gasteiger partial charge in [-0.3, -0.25) is 0 Å². The van der Waals surface area contributed by atoms with Crippen LogP contribution >= 0.6 is 22.9 Å². The van der Waals surface area contributed by atoms with Crippen LogP contribution in [0.4, 0.5) is 15.8 Å². The maximum atomic E-state index is 12.2. The van der Waals surface area contributed by atoms with E-state index in [9.17, 15) is 4.39 Å². The number of nitrogens with zero attached hydrogens (tertiary/aromatic N) is 1. The molecule has 0 aliphatic rings. The monoisotopic (exact) mass is 481 g/mol. The van der Waals surface area contributed by atoms with Crippen molar-refractivity contribution in [2.24, 2.45) is 0 Å². The fraction of sp³-hybridized carbons (Fsp3) is 0.148. The van der Waals surface area contributed by atoms with Gasteiger partial charge < -0.3 is 10.6 Å². The van der Waals surface area contributed by atoms with E-state index in [1.54, 1.807) is 36.6 Å². The van der Waals surface area contributed by atoms with Gasteiger partial charge in [0.15, 0.2) is 0 Å². The predicted molar refractivity (Wildman–Crippen MR) is 145 cm³/mol. The molecule has 0 fully saturated rings. The molecule has 0 saturated heterocycles. The Bertz CT molecular complexity index is 1200. The summed E-state index contributed by atoms with van der Waals surface area (Å²) in [5.74, 6) is -0.200. The number of aromatic nitrogens is 1. The van der Waals surface area contributed by atoms with Crippen molar-refractivity contribution in [3.8, 4) is 0 Å². The minimum Gasteiger partial charge on any atom is -0.388 e. The van der Waals surface area contributed by atoms with Crippen LogP contribution < -0.4 is 10.6 Å². The van der Waals surface area contributed by atoms with Gasteiger partial charge >= 0.3 is 0 Å². The van der Waals surface area contributed by atoms with E-state index < -0.39 is 0 Å². The van der Waals surface area contributed by atoms with Crippen molar-refractivity contribution in [3.05, 3.63) is 107 Å². The third-order valence-corrected chi connectivity index (χ3v) is 5.72. The van der Waals surface area contributed by atoms with Crippen molar-refractivity contribution < 1.29 is 4.39 Å². The molecular formula is C27H29ClFN3S. The molecule has 0 bridgehead atoms. The lowest BCUT2D eigenvalue weighted by Crippen LogP contribution is -1.99. The maximum absolute atomic E-state index is 12.2. The molecular weight excluding hydrogens is 453 g/mol. The van der Waals surface area contributed by atoms with Crippen LogP contribution in [-0.4, -0.2) is 12.0 Å². The number of anilines is 2. The maximum Gasteiger partial charge on any atom is 0.123 e. The van der Waals surface area contributed by atoms with Crippen molar-refractivity contribution in [2.45, 2.75) is 20.8 Å². The van der Waals surface area contributed by atoms with Crippen LogP contribution in [0, 0.1) is 19.7 Å². The SMILES string of the molecule is C=C(Nc1c(C)cccc1Cl)c1ccc2nc(C)sc2c1.C=CC.CNc1ccc(F)cc1. The van der Waals surface area contributed by atoms with E-state index in [2.05, 4.69) is 34.8 Å². The van der Waals surface area contributed by atoms with Crippen LogP contribution in [0.15, 0.2) is 79.9 Å². The molecule has 6 heteroatoms. The molecule has 0 aliphatic carbocycles. The normalized spacial score (nSPS) is 9.76. The zero-order valence-electron chi connectivity index (χ0n) is 19.4. The van der Waals surface area contributed by atoms with Gasteiger partial charge in [0.1, 0.15) is 5.82 Å². The Balaban J connectivity index is 0.000000267. The summed E-state index contributed by atoms with van der Waals surface area (Å²) in [7, 11) is 1.80. The Morgan fingerprint density at radius 2 is 1.76 bits per heavy atom. The van der Waals surface area contributed by atoms with Crippen LogP contribution in [0.2, 0.25) is 5.02 Å². The average molecular weight is 482 g/mol. The molecule has 1 aromatic heterocycles. The van der Waals surface area contributed by atoms with Gasteiger partial charge in [0.25, 0.3) is 0 Å². The topological polar surface area (TPSA) is 37.0 Å². The van der Waals surface area contributed by atoms with E-state index in [-0.39, 0.29) is 5.82 Å². The molecule has 4 rings (SSSR count). The first-order valence-electron chi connectivity index (χ1n) is 10.4. The van der Waals surface area contributed by atoms with Gasteiger partial charge in [-0.15, -0.1) is 17.9 Å². The van der Waals surface area contributed by atoms with E-state index in [0.29, 0.717) is 5.02 Å². The van der Waals surface area contributed by atoms with Gasteiger partial charge in [0.05, 0.1) is 25.9 Å². The fourth-order valence-electron chi connectivity index (χ4n) is 2.86. The molecule has 0 unspecified atom stereocenters. The third kappa shape index (κ3) is 7.74. The zero-order chi connectivity index (χ0) is 24.4. The van der Waals surface area contributed by atoms with E-state index >= 15 is 0 Å². The predicted octanol–water partition coefficient (Wildman–Crippen LogP) is 8.71. The summed E-state index contributed by atoms with van der Waals surface area (Å²) >= 11 is 7.94. The number of para-hydroxylation sites is 1. The number of hydrogen-bond donors (Lipinski definition) is 2. The average Bonchev–Trinajstić information content (AvgIpc) is 3.17. The summed E-state index contributed by atoms with van der Waals surface area (Å²) in [6.07, 6.45) is 1.75. The highest BCUT2D eigenvalue weighted by atomic mass is 35.5. The number of aryl methyl sites for hydroxylation is 2. The summed E-state index contributed by atoms with van der Waals surface area (Å²) in [5, 5.41) is 7.98. The summed E-state index contributed by atoms with van der Waals surface area (Å²) in [5.41, 5.74) is 5.84. The molecule has 0 saturated carbocycles. The Morgan fingerprint density at radius 1 is 1.09 bits per heavy atom. The molecule has 1 heterocycles. The first kappa shape index (κ1) is 26.1. The minimum atomic E-state index is -0.200. The van der Waals surface area contributed by atoms with Gasteiger partial charge in [0.2, 0.25) is 0 Å². The number of hydrogen-bond acceptors (Lipinski definition) is 4. The van der Waals surface area contributed by atoms with Crippen LogP contribution in [-0.2, 0) is 0 Å². The van der Waals surface area contributed by atoms with Gasteiger partial charge in [-0.05, 0) is 74.4 Å². The summed E-state index contributed by atoms with van der Waals surface area (Å²) in [4.78, 5) is 4.47. The number of benzene rings is 3. The standard InChI is InChI=1S/C17H15ClN2S.C7H8FN.C3H6/c1-10-5-4-6-14(18)17(10)19-11(2)13-7-8-15-16(9-13)21-12(3)20-15;1-9-7-4-2-6(8)3-5-7;1-3-2/h4-9,19H,2H2,1,3H3;2-5,9H,1H3;3H,1H2,2H3. The Hall–Kier alpha value is -3.15. The molecule has 3 nitrogen and oxygen atoms in total. The van der Waals surface area contributed by atoms with Crippen LogP contribution in [0.3, 0.4) is 0 Å². The smallest absolute Gasteiger partial charge is 0.123 e. The van der Waals surface area contributed by atoms with Crippen molar-refractivity contribution in [2.75, 3.05) is 17.7 Å². The van der Waals surface area contributed by atoms with E-state index in [1.807, 2.05) is 51.1 Å². The summed E-state index contributed by atoms with van der Waals surface area (Å²) in [6.45, 7) is 13.4. The number of nitrogens with one attached hydrogen (secondary N) is 2. The lowest BCUT2D eigenvalue weighted by Gasteiger charge is -2.13. The fourth-order valence-corrected chi connectivity index (χ4v) is 3.99. The Kier molecular flexibility index (Phi) is 10.1. The molecule has 4 aromatic rings. The van der Waals surface area contributed by atoms with Crippen molar-refractivity contribution in [1.82, 2.24) is 4.98 Å². The van der Waals surface area contributed by atoms with Gasteiger partial charge in [-0.2, -0.15) is 0 Å². The van der Waals surface area contributed by atoms with E-state index in [0.717, 1.165) is 38.7 Å². The number of fused-ring (bicyclic) bond motifs is 1. The molecule has 2 N–H and O–H groups in total. The van der Waals surface area contributed by atoms with Gasteiger partial charge in [-0.25, -0.2) is 9.37 Å². The van der Waals surface area contributed by atoms with Crippen molar-refractivity contribution >= 4 is 50.2 Å². The zero-order valence-corrected chi connectivity index (χ0v) is 20.9. The van der Waals surface area contributed by atoms with Crippen LogP contribution in [0.1, 0.15) is 23.1 Å². The number of thiazole rings is 1. The largest absolute Gasteiger partial charge is 0.388 e. The van der Waals surface area contributed by atoms with E-state index in [1.165, 1.54) is 16.8 Å².